The Morgan fingerprint density at radius 1 is 0.680 bits per heavy atom. The van der Waals surface area contributed by atoms with Crippen molar-refractivity contribution in [1.82, 2.24) is 0 Å². The molecule has 3 aromatic carbocycles. The molecule has 1 aliphatic heterocycles. The van der Waals surface area contributed by atoms with Crippen LogP contribution in [0.3, 0.4) is 0 Å². The Kier molecular flexibility index (Phi) is 9.65. The monoisotopic (exact) mass is 503 g/mol. The molecule has 1 aliphatic rings. The zero-order chi connectivity index (χ0) is 17.2. The van der Waals surface area contributed by atoms with Crippen LogP contribution in [0, 0.1) is 26.8 Å². The normalized spacial score (nSPS) is 10.4. The number of rotatable bonds is 0. The first-order chi connectivity index (χ1) is 11.6. The fourth-order valence-corrected chi connectivity index (χ4v) is 2.01. The van der Waals surface area contributed by atoms with Crippen LogP contribution in [0.4, 0.5) is 0 Å². The van der Waals surface area contributed by atoms with Gasteiger partial charge in [0, 0.05) is 21.1 Å². The second-order valence-electron chi connectivity index (χ2n) is 5.59. The van der Waals surface area contributed by atoms with Crippen LogP contribution in [0.15, 0.2) is 72.8 Å². The molecule has 3 aromatic rings. The van der Waals surface area contributed by atoms with Gasteiger partial charge in [0.05, 0.1) is 0 Å². The Balaban J connectivity index is 0.000000189. The number of benzene rings is 3. The molecule has 0 atom stereocenters. The Labute approximate surface area is 165 Å². The van der Waals surface area contributed by atoms with Crippen LogP contribution in [-0.4, -0.2) is 6.79 Å². The molecule has 0 N–H and O–H groups in total. The fraction of sp³-hybridized carbons (Fsp3) is 0.182. The molecule has 0 amide bonds. The molecule has 0 bridgehead atoms. The van der Waals surface area contributed by atoms with Crippen molar-refractivity contribution in [2.45, 2.75) is 20.8 Å². The van der Waals surface area contributed by atoms with Crippen LogP contribution in [-0.2, 0) is 21.1 Å². The summed E-state index contributed by atoms with van der Waals surface area (Å²) in [5.74, 6) is 1.71. The van der Waals surface area contributed by atoms with Crippen molar-refractivity contribution in [2.75, 3.05) is 6.79 Å². The molecule has 0 fully saturated rings. The minimum absolute atomic E-state index is 0. The molecule has 0 saturated carbocycles. The van der Waals surface area contributed by atoms with Gasteiger partial charge in [0.25, 0.3) is 0 Å². The van der Waals surface area contributed by atoms with E-state index in [9.17, 15) is 0 Å². The molecule has 130 valence electrons. The van der Waals surface area contributed by atoms with Gasteiger partial charge >= 0.3 is 0 Å². The zero-order valence-corrected chi connectivity index (χ0v) is 17.8. The first-order valence-corrected chi connectivity index (χ1v) is 7.96. The van der Waals surface area contributed by atoms with Crippen molar-refractivity contribution in [3.05, 3.63) is 95.6 Å². The van der Waals surface area contributed by atoms with Gasteiger partial charge in [0.1, 0.15) is 0 Å². The van der Waals surface area contributed by atoms with E-state index in [1.54, 1.807) is 0 Å². The van der Waals surface area contributed by atoms with Crippen molar-refractivity contribution < 1.29 is 30.5 Å². The smallest absolute Gasteiger partial charge is 0.231 e. The van der Waals surface area contributed by atoms with Crippen molar-refractivity contribution in [3.63, 3.8) is 0 Å². The number of hydrogen-bond acceptors (Lipinski definition) is 2. The number of hydrogen-bond donors (Lipinski definition) is 0. The number of aryl methyl sites for hydroxylation is 3. The number of ether oxygens (including phenoxy) is 2. The van der Waals surface area contributed by atoms with E-state index in [-0.39, 0.29) is 21.1 Å². The minimum atomic E-state index is 0. The van der Waals surface area contributed by atoms with Crippen LogP contribution >= 0.6 is 0 Å². The van der Waals surface area contributed by atoms with Crippen LogP contribution < -0.4 is 9.47 Å². The quantitative estimate of drug-likeness (QED) is 0.377. The Morgan fingerprint density at radius 2 is 1.28 bits per heavy atom. The van der Waals surface area contributed by atoms with Gasteiger partial charge < -0.3 is 9.47 Å². The average molecular weight is 503 g/mol. The summed E-state index contributed by atoms with van der Waals surface area (Å²) < 4.78 is 10.3. The predicted octanol–water partition coefficient (Wildman–Crippen LogP) is 5.51. The van der Waals surface area contributed by atoms with Crippen molar-refractivity contribution in [1.29, 1.82) is 0 Å². The molecule has 0 saturated heterocycles. The summed E-state index contributed by atoms with van der Waals surface area (Å²) in [6, 6.07) is 27.0. The van der Waals surface area contributed by atoms with Crippen LogP contribution in [0.25, 0.3) is 0 Å². The summed E-state index contributed by atoms with van der Waals surface area (Å²) in [7, 11) is 0. The number of fused-ring (bicyclic) bond motifs is 1. The fourth-order valence-electron chi connectivity index (χ4n) is 2.01. The van der Waals surface area contributed by atoms with E-state index in [0.29, 0.717) is 6.79 Å². The summed E-state index contributed by atoms with van der Waals surface area (Å²) in [6.45, 7) is 6.54. The Hall–Kier alpha value is -2.05. The Bertz CT molecular complexity index is 690. The topological polar surface area (TPSA) is 18.5 Å². The van der Waals surface area contributed by atoms with Gasteiger partial charge in [-0.2, -0.15) is 35.9 Å². The molecule has 1 heterocycles. The van der Waals surface area contributed by atoms with Gasteiger partial charge in [-0.1, -0.05) is 48.9 Å². The maximum atomic E-state index is 5.16. The van der Waals surface area contributed by atoms with Gasteiger partial charge in [0.2, 0.25) is 6.79 Å². The van der Waals surface area contributed by atoms with Gasteiger partial charge in [-0.05, 0) is 31.5 Å². The van der Waals surface area contributed by atoms with Gasteiger partial charge in [0.15, 0.2) is 11.5 Å². The molecule has 3 heteroatoms. The molecular formula is C22H23O2W-. The molecule has 0 aliphatic carbocycles. The third-order valence-electron chi connectivity index (χ3n) is 3.35. The molecule has 0 unspecified atom stereocenters. The van der Waals surface area contributed by atoms with Crippen LogP contribution in [0.1, 0.15) is 16.7 Å². The molecule has 2 nitrogen and oxygen atoms in total. The van der Waals surface area contributed by atoms with Gasteiger partial charge in [-0.3, -0.25) is 0 Å². The van der Waals surface area contributed by atoms with E-state index in [4.69, 9.17) is 9.47 Å². The predicted molar refractivity (Wildman–Crippen MR) is 98.5 cm³/mol. The summed E-state index contributed by atoms with van der Waals surface area (Å²) in [6.07, 6.45) is 0. The summed E-state index contributed by atoms with van der Waals surface area (Å²) in [5.41, 5.74) is 3.81. The van der Waals surface area contributed by atoms with E-state index in [1.807, 2.05) is 67.6 Å². The van der Waals surface area contributed by atoms with E-state index >= 15 is 0 Å². The second-order valence-corrected chi connectivity index (χ2v) is 5.59. The van der Waals surface area contributed by atoms with E-state index in [2.05, 4.69) is 32.0 Å². The first-order valence-electron chi connectivity index (χ1n) is 7.96. The van der Waals surface area contributed by atoms with E-state index in [0.717, 1.165) is 11.5 Å². The van der Waals surface area contributed by atoms with Gasteiger partial charge in [-0.15, -0.1) is 0 Å². The zero-order valence-electron chi connectivity index (χ0n) is 14.9. The van der Waals surface area contributed by atoms with Crippen molar-refractivity contribution in [2.24, 2.45) is 0 Å². The average Bonchev–Trinajstić information content (AvgIpc) is 3.05. The third-order valence-corrected chi connectivity index (χ3v) is 3.35. The summed E-state index contributed by atoms with van der Waals surface area (Å²) in [5, 5.41) is 0. The first kappa shape index (κ1) is 21.0. The SMILES string of the molecule is Cc1cc[c-]cc1.Cc1ccc2c(c1)OCO2.Cc1ccccc1.[W]. The largest absolute Gasteiger partial charge is 0.454 e. The van der Waals surface area contributed by atoms with Crippen LogP contribution in [0.5, 0.6) is 11.5 Å². The molecular weight excluding hydrogens is 480 g/mol. The minimum Gasteiger partial charge on any atom is -0.454 e. The van der Waals surface area contributed by atoms with E-state index in [1.165, 1.54) is 16.7 Å². The molecule has 0 aromatic heterocycles. The molecule has 4 rings (SSSR count). The van der Waals surface area contributed by atoms with Crippen LogP contribution in [0.2, 0.25) is 0 Å². The standard InChI is InChI=1S/C8H8O2.C7H8.C7H7.W/c1-6-2-3-7-8(4-6)10-5-9-7;2*1-7-5-3-2-4-6-7;/h2-4H,5H2,1H3;2-6H,1H3;3-6H,1H3;/q;;-1;. The van der Waals surface area contributed by atoms with Gasteiger partial charge in [-0.25, -0.2) is 0 Å². The molecule has 0 radical (unpaired) electrons. The molecule has 25 heavy (non-hydrogen) atoms. The second kappa shape index (κ2) is 11.5. The summed E-state index contributed by atoms with van der Waals surface area (Å²) in [4.78, 5) is 0. The maximum absolute atomic E-state index is 5.16. The third kappa shape index (κ3) is 8.05. The summed E-state index contributed by atoms with van der Waals surface area (Å²) >= 11 is 0. The van der Waals surface area contributed by atoms with Crippen molar-refractivity contribution >= 4 is 0 Å². The van der Waals surface area contributed by atoms with E-state index < -0.39 is 0 Å². The molecule has 0 spiro atoms. The Morgan fingerprint density at radius 3 is 1.80 bits per heavy atom. The van der Waals surface area contributed by atoms with Crippen molar-refractivity contribution in [3.8, 4) is 11.5 Å². The maximum Gasteiger partial charge on any atom is 0.231 e.